The molecule has 0 aromatic heterocycles. The van der Waals surface area contributed by atoms with Crippen molar-refractivity contribution in [2.45, 2.75) is 24.8 Å². The number of halogens is 1. The van der Waals surface area contributed by atoms with Crippen LogP contribution in [-0.4, -0.2) is 53.9 Å². The highest BCUT2D eigenvalue weighted by molar-refractivity contribution is 6.22. The second-order valence-electron chi connectivity index (χ2n) is 4.57. The Hall–Kier alpha value is -0.300. The van der Waals surface area contributed by atoms with Crippen molar-refractivity contribution in [2.75, 3.05) is 33.2 Å². The summed E-state index contributed by atoms with van der Waals surface area (Å²) in [4.78, 5) is 4.61. The third-order valence-electron chi connectivity index (χ3n) is 2.95. The van der Waals surface area contributed by atoms with Crippen molar-refractivity contribution < 1.29 is 0 Å². The normalized spacial score (nSPS) is 25.6. The molecular formula is C10H18ClN3. The van der Waals surface area contributed by atoms with Gasteiger partial charge in [-0.05, 0) is 20.9 Å². The van der Waals surface area contributed by atoms with E-state index in [4.69, 9.17) is 16.9 Å². The lowest BCUT2D eigenvalue weighted by Crippen LogP contribution is -2.58. The molecule has 0 N–H and O–H groups in total. The SMILES string of the molecule is CN1CCN(CC(Cl)C#N)CC1(C)C. The minimum atomic E-state index is -0.380. The Bertz CT molecular complexity index is 234. The molecule has 1 heterocycles. The molecule has 0 bridgehead atoms. The minimum Gasteiger partial charge on any atom is -0.299 e. The van der Waals surface area contributed by atoms with E-state index in [-0.39, 0.29) is 10.9 Å². The van der Waals surface area contributed by atoms with Gasteiger partial charge in [0.15, 0.2) is 0 Å². The molecule has 1 rings (SSSR count). The standard InChI is InChI=1S/C10H18ClN3/c1-10(2)8-14(5-4-13(10)3)7-9(11)6-12/h9H,4-5,7-8H2,1-3H3. The van der Waals surface area contributed by atoms with Crippen LogP contribution in [-0.2, 0) is 0 Å². The Morgan fingerprint density at radius 2 is 2.14 bits per heavy atom. The maximum Gasteiger partial charge on any atom is 0.133 e. The van der Waals surface area contributed by atoms with Crippen LogP contribution in [0.1, 0.15) is 13.8 Å². The third kappa shape index (κ3) is 2.84. The molecule has 1 aliphatic heterocycles. The molecule has 1 atom stereocenters. The zero-order chi connectivity index (χ0) is 10.8. The molecule has 0 amide bonds. The van der Waals surface area contributed by atoms with Crippen molar-refractivity contribution in [3.05, 3.63) is 0 Å². The fourth-order valence-electron chi connectivity index (χ4n) is 1.76. The van der Waals surface area contributed by atoms with Gasteiger partial charge in [0, 0.05) is 31.7 Å². The van der Waals surface area contributed by atoms with Crippen LogP contribution in [0, 0.1) is 11.3 Å². The van der Waals surface area contributed by atoms with Crippen LogP contribution in [0.15, 0.2) is 0 Å². The summed E-state index contributed by atoms with van der Waals surface area (Å²) in [6.45, 7) is 8.14. The zero-order valence-corrected chi connectivity index (χ0v) is 9.88. The molecule has 0 spiro atoms. The van der Waals surface area contributed by atoms with Crippen molar-refractivity contribution in [3.8, 4) is 6.07 Å². The highest BCUT2D eigenvalue weighted by Gasteiger charge is 2.31. The highest BCUT2D eigenvalue weighted by atomic mass is 35.5. The third-order valence-corrected chi connectivity index (χ3v) is 3.19. The summed E-state index contributed by atoms with van der Waals surface area (Å²) in [5.74, 6) is 0. The number of nitrogens with zero attached hydrogens (tertiary/aromatic N) is 3. The van der Waals surface area contributed by atoms with E-state index in [0.29, 0.717) is 6.54 Å². The number of hydrogen-bond donors (Lipinski definition) is 0. The monoisotopic (exact) mass is 215 g/mol. The lowest BCUT2D eigenvalue weighted by molar-refractivity contribution is 0.0417. The fraction of sp³-hybridized carbons (Fsp3) is 0.900. The van der Waals surface area contributed by atoms with Crippen LogP contribution in [0.25, 0.3) is 0 Å². The molecule has 0 aromatic rings. The van der Waals surface area contributed by atoms with E-state index in [1.54, 1.807) is 0 Å². The Morgan fingerprint density at radius 3 is 2.64 bits per heavy atom. The van der Waals surface area contributed by atoms with E-state index < -0.39 is 0 Å². The molecule has 1 aliphatic rings. The van der Waals surface area contributed by atoms with Gasteiger partial charge in [0.2, 0.25) is 0 Å². The van der Waals surface area contributed by atoms with E-state index in [2.05, 4.69) is 36.8 Å². The van der Waals surface area contributed by atoms with E-state index in [9.17, 15) is 0 Å². The number of piperazine rings is 1. The summed E-state index contributed by atoms with van der Waals surface area (Å²) in [5, 5.41) is 8.25. The molecule has 1 unspecified atom stereocenters. The van der Waals surface area contributed by atoms with Gasteiger partial charge in [0.05, 0.1) is 6.07 Å². The summed E-state index contributed by atoms with van der Waals surface area (Å²) in [6, 6.07) is 2.06. The van der Waals surface area contributed by atoms with Crippen molar-refractivity contribution in [3.63, 3.8) is 0 Å². The molecule has 4 heteroatoms. The molecule has 0 radical (unpaired) electrons. The number of nitriles is 1. The van der Waals surface area contributed by atoms with Gasteiger partial charge in [-0.25, -0.2) is 0 Å². The lowest BCUT2D eigenvalue weighted by atomic mass is 10.00. The smallest absolute Gasteiger partial charge is 0.133 e. The second kappa shape index (κ2) is 4.48. The number of likely N-dealkylation sites (N-methyl/N-ethyl adjacent to an activating group) is 1. The van der Waals surface area contributed by atoms with Crippen LogP contribution in [0.5, 0.6) is 0 Å². The van der Waals surface area contributed by atoms with E-state index in [1.165, 1.54) is 0 Å². The van der Waals surface area contributed by atoms with Gasteiger partial charge in [0.1, 0.15) is 5.38 Å². The van der Waals surface area contributed by atoms with E-state index in [0.717, 1.165) is 19.6 Å². The first kappa shape index (κ1) is 11.8. The van der Waals surface area contributed by atoms with Gasteiger partial charge in [-0.15, -0.1) is 11.6 Å². The van der Waals surface area contributed by atoms with Crippen LogP contribution >= 0.6 is 11.6 Å². The van der Waals surface area contributed by atoms with Gasteiger partial charge in [-0.2, -0.15) is 5.26 Å². The molecule has 1 saturated heterocycles. The second-order valence-corrected chi connectivity index (χ2v) is 5.09. The summed E-state index contributed by atoms with van der Waals surface area (Å²) >= 11 is 5.81. The molecule has 3 nitrogen and oxygen atoms in total. The van der Waals surface area contributed by atoms with Crippen molar-refractivity contribution in [1.29, 1.82) is 5.26 Å². The number of rotatable bonds is 2. The first-order valence-corrected chi connectivity index (χ1v) is 5.36. The van der Waals surface area contributed by atoms with Crippen LogP contribution in [0.3, 0.4) is 0 Å². The minimum absolute atomic E-state index is 0.185. The maximum absolute atomic E-state index is 8.63. The summed E-state index contributed by atoms with van der Waals surface area (Å²) in [5.41, 5.74) is 0.185. The molecule has 80 valence electrons. The predicted molar refractivity (Wildman–Crippen MR) is 58.4 cm³/mol. The molecule has 0 aliphatic carbocycles. The maximum atomic E-state index is 8.63. The molecule has 0 aromatic carbocycles. The Balaban J connectivity index is 2.48. The van der Waals surface area contributed by atoms with Crippen LogP contribution in [0.2, 0.25) is 0 Å². The van der Waals surface area contributed by atoms with Crippen molar-refractivity contribution >= 4 is 11.6 Å². The van der Waals surface area contributed by atoms with E-state index in [1.807, 2.05) is 0 Å². The number of alkyl halides is 1. The largest absolute Gasteiger partial charge is 0.299 e. The Kier molecular flexibility index (Phi) is 3.77. The Labute approximate surface area is 91.2 Å². The lowest BCUT2D eigenvalue weighted by Gasteiger charge is -2.45. The van der Waals surface area contributed by atoms with Crippen molar-refractivity contribution in [2.24, 2.45) is 0 Å². The summed E-state index contributed by atoms with van der Waals surface area (Å²) in [7, 11) is 2.14. The molecule has 0 saturated carbocycles. The quantitative estimate of drug-likeness (QED) is 0.648. The topological polar surface area (TPSA) is 30.3 Å². The van der Waals surface area contributed by atoms with Crippen LogP contribution < -0.4 is 0 Å². The molecule has 1 fully saturated rings. The highest BCUT2D eigenvalue weighted by Crippen LogP contribution is 2.19. The summed E-state index contributed by atoms with van der Waals surface area (Å²) < 4.78 is 0. The molecular weight excluding hydrogens is 198 g/mol. The molecule has 14 heavy (non-hydrogen) atoms. The van der Waals surface area contributed by atoms with Gasteiger partial charge >= 0.3 is 0 Å². The van der Waals surface area contributed by atoms with Crippen molar-refractivity contribution in [1.82, 2.24) is 9.80 Å². The number of hydrogen-bond acceptors (Lipinski definition) is 3. The summed E-state index contributed by atoms with van der Waals surface area (Å²) in [6.07, 6.45) is 0. The first-order valence-electron chi connectivity index (χ1n) is 4.93. The zero-order valence-electron chi connectivity index (χ0n) is 9.13. The van der Waals surface area contributed by atoms with E-state index >= 15 is 0 Å². The van der Waals surface area contributed by atoms with Gasteiger partial charge in [-0.3, -0.25) is 9.80 Å². The van der Waals surface area contributed by atoms with Gasteiger partial charge < -0.3 is 0 Å². The first-order chi connectivity index (χ1) is 6.45. The van der Waals surface area contributed by atoms with Gasteiger partial charge in [-0.1, -0.05) is 0 Å². The van der Waals surface area contributed by atoms with Crippen LogP contribution in [0.4, 0.5) is 0 Å². The van der Waals surface area contributed by atoms with Gasteiger partial charge in [0.25, 0.3) is 0 Å². The Morgan fingerprint density at radius 1 is 1.50 bits per heavy atom. The fourth-order valence-corrected chi connectivity index (χ4v) is 1.96. The average molecular weight is 216 g/mol. The average Bonchev–Trinajstić information content (AvgIpc) is 2.11. The predicted octanol–water partition coefficient (Wildman–Crippen LogP) is 1.14.